The quantitative estimate of drug-likeness (QED) is 0.867. The minimum Gasteiger partial charge on any atom is -0.367 e. The number of nitrogens with one attached hydrogen (secondary N) is 1. The van der Waals surface area contributed by atoms with Crippen molar-refractivity contribution in [2.75, 3.05) is 26.7 Å². The van der Waals surface area contributed by atoms with Gasteiger partial charge in [-0.1, -0.05) is 30.3 Å². The lowest BCUT2D eigenvalue weighted by Gasteiger charge is -2.34. The maximum atomic E-state index is 12.5. The Hall–Kier alpha value is -1.90. The maximum Gasteiger partial charge on any atom is 0.257 e. The third-order valence-corrected chi connectivity index (χ3v) is 3.24. The molecule has 0 saturated carbocycles. The summed E-state index contributed by atoms with van der Waals surface area (Å²) in [6, 6.07) is 11.1. The summed E-state index contributed by atoms with van der Waals surface area (Å²) in [6.45, 7) is 1.74. The summed E-state index contributed by atoms with van der Waals surface area (Å²) in [6.07, 6.45) is -0.643. The van der Waals surface area contributed by atoms with E-state index in [0.29, 0.717) is 19.6 Å². The van der Waals surface area contributed by atoms with E-state index < -0.39 is 12.1 Å². The minimum absolute atomic E-state index is 0.151. The van der Waals surface area contributed by atoms with Gasteiger partial charge in [0, 0.05) is 26.7 Å². The Labute approximate surface area is 112 Å². The molecule has 1 amide bonds. The van der Waals surface area contributed by atoms with E-state index in [1.807, 2.05) is 30.3 Å². The Morgan fingerprint density at radius 3 is 2.89 bits per heavy atom. The summed E-state index contributed by atoms with van der Waals surface area (Å²) in [4.78, 5) is 14.1. The van der Waals surface area contributed by atoms with Crippen molar-refractivity contribution in [2.24, 2.45) is 0 Å². The fourth-order valence-corrected chi connectivity index (χ4v) is 2.24. The van der Waals surface area contributed by atoms with Crippen LogP contribution in [0.5, 0.6) is 0 Å². The van der Waals surface area contributed by atoms with Crippen LogP contribution in [0.15, 0.2) is 30.3 Å². The predicted molar refractivity (Wildman–Crippen MR) is 70.2 cm³/mol. The molecule has 2 rings (SSSR count). The second-order valence-corrected chi connectivity index (χ2v) is 4.41. The van der Waals surface area contributed by atoms with Gasteiger partial charge in [-0.25, -0.2) is 0 Å². The van der Waals surface area contributed by atoms with Crippen LogP contribution in [0.2, 0.25) is 0 Å². The van der Waals surface area contributed by atoms with Crippen LogP contribution in [0, 0.1) is 11.3 Å². The predicted octanol–water partition coefficient (Wildman–Crippen LogP) is 0.698. The summed E-state index contributed by atoms with van der Waals surface area (Å²) >= 11 is 0. The number of amides is 1. The van der Waals surface area contributed by atoms with Crippen LogP contribution >= 0.6 is 0 Å². The van der Waals surface area contributed by atoms with E-state index in [1.54, 1.807) is 4.90 Å². The molecule has 19 heavy (non-hydrogen) atoms. The van der Waals surface area contributed by atoms with E-state index in [9.17, 15) is 4.79 Å². The number of carbonyl (C=O) groups is 1. The zero-order valence-corrected chi connectivity index (χ0v) is 10.9. The second kappa shape index (κ2) is 6.32. The largest absolute Gasteiger partial charge is 0.367 e. The Kier molecular flexibility index (Phi) is 4.50. The number of hydrogen-bond donors (Lipinski definition) is 1. The van der Waals surface area contributed by atoms with Crippen molar-refractivity contribution in [1.29, 1.82) is 5.26 Å². The van der Waals surface area contributed by atoms with Crippen LogP contribution < -0.4 is 5.32 Å². The van der Waals surface area contributed by atoms with Crippen molar-refractivity contribution in [3.05, 3.63) is 35.9 Å². The molecule has 0 bridgehead atoms. The van der Waals surface area contributed by atoms with Gasteiger partial charge < -0.3 is 15.0 Å². The van der Waals surface area contributed by atoms with Crippen LogP contribution in [0.25, 0.3) is 0 Å². The molecule has 1 aliphatic rings. The van der Waals surface area contributed by atoms with Crippen molar-refractivity contribution in [2.45, 2.75) is 12.1 Å². The van der Waals surface area contributed by atoms with Crippen molar-refractivity contribution < 1.29 is 9.53 Å². The minimum atomic E-state index is -0.643. The monoisotopic (exact) mass is 259 g/mol. The van der Waals surface area contributed by atoms with E-state index >= 15 is 0 Å². The molecule has 1 aromatic carbocycles. The van der Waals surface area contributed by atoms with Gasteiger partial charge in [-0.2, -0.15) is 5.26 Å². The first-order valence-electron chi connectivity index (χ1n) is 6.26. The second-order valence-electron chi connectivity index (χ2n) is 4.41. The number of piperazine rings is 1. The van der Waals surface area contributed by atoms with Gasteiger partial charge in [-0.15, -0.1) is 0 Å². The van der Waals surface area contributed by atoms with E-state index in [2.05, 4.69) is 11.4 Å². The number of nitrogens with zero attached hydrogens (tertiary/aromatic N) is 2. The average Bonchev–Trinajstić information content (AvgIpc) is 2.49. The highest BCUT2D eigenvalue weighted by Gasteiger charge is 2.32. The Balaban J connectivity index is 2.19. The van der Waals surface area contributed by atoms with Crippen LogP contribution in [0.3, 0.4) is 0 Å². The van der Waals surface area contributed by atoms with Gasteiger partial charge >= 0.3 is 0 Å². The van der Waals surface area contributed by atoms with Crippen molar-refractivity contribution in [3.63, 3.8) is 0 Å². The molecule has 1 aromatic rings. The highest BCUT2D eigenvalue weighted by molar-refractivity contribution is 5.83. The number of methoxy groups -OCH3 is 1. The van der Waals surface area contributed by atoms with Crippen molar-refractivity contribution >= 4 is 5.91 Å². The molecule has 2 unspecified atom stereocenters. The van der Waals surface area contributed by atoms with Gasteiger partial charge in [0.25, 0.3) is 5.91 Å². The first-order valence-corrected chi connectivity index (χ1v) is 6.26. The summed E-state index contributed by atoms with van der Waals surface area (Å²) in [7, 11) is 1.51. The van der Waals surface area contributed by atoms with Crippen LogP contribution in [-0.4, -0.2) is 43.6 Å². The van der Waals surface area contributed by atoms with Gasteiger partial charge in [0.1, 0.15) is 6.04 Å². The molecular weight excluding hydrogens is 242 g/mol. The fraction of sp³-hybridized carbons (Fsp3) is 0.429. The SMILES string of the molecule is COC(C(=O)N1CCNCC1C#N)c1ccccc1. The van der Waals surface area contributed by atoms with Gasteiger partial charge in [-0.3, -0.25) is 4.79 Å². The summed E-state index contributed by atoms with van der Waals surface area (Å²) < 4.78 is 5.32. The molecular formula is C14H17N3O2. The molecule has 1 heterocycles. The number of benzene rings is 1. The smallest absolute Gasteiger partial charge is 0.257 e. The molecule has 1 fully saturated rings. The highest BCUT2D eigenvalue weighted by Crippen LogP contribution is 2.20. The third-order valence-electron chi connectivity index (χ3n) is 3.24. The number of rotatable bonds is 3. The first kappa shape index (κ1) is 13.5. The van der Waals surface area contributed by atoms with Crippen LogP contribution in [-0.2, 0) is 9.53 Å². The molecule has 0 radical (unpaired) electrons. The Morgan fingerprint density at radius 1 is 1.53 bits per heavy atom. The summed E-state index contributed by atoms with van der Waals surface area (Å²) in [5.41, 5.74) is 0.810. The summed E-state index contributed by atoms with van der Waals surface area (Å²) in [5.74, 6) is -0.151. The van der Waals surface area contributed by atoms with E-state index in [4.69, 9.17) is 10.00 Å². The third kappa shape index (κ3) is 2.92. The van der Waals surface area contributed by atoms with E-state index in [0.717, 1.165) is 5.56 Å². The van der Waals surface area contributed by atoms with E-state index in [1.165, 1.54) is 7.11 Å². The van der Waals surface area contributed by atoms with Gasteiger partial charge in [0.05, 0.1) is 6.07 Å². The van der Waals surface area contributed by atoms with E-state index in [-0.39, 0.29) is 5.91 Å². The number of ether oxygens (including phenoxy) is 1. The molecule has 1 N–H and O–H groups in total. The molecule has 1 aliphatic heterocycles. The molecule has 0 spiro atoms. The zero-order valence-electron chi connectivity index (χ0n) is 10.9. The zero-order chi connectivity index (χ0) is 13.7. The Morgan fingerprint density at radius 2 is 2.26 bits per heavy atom. The highest BCUT2D eigenvalue weighted by atomic mass is 16.5. The fourth-order valence-electron chi connectivity index (χ4n) is 2.24. The molecule has 2 atom stereocenters. The molecule has 1 saturated heterocycles. The van der Waals surface area contributed by atoms with Gasteiger partial charge in [0.2, 0.25) is 0 Å². The summed E-state index contributed by atoms with van der Waals surface area (Å²) in [5, 5.41) is 12.2. The Bertz CT molecular complexity index is 469. The molecule has 5 heteroatoms. The first-order chi connectivity index (χ1) is 9.27. The lowest BCUT2D eigenvalue weighted by Crippen LogP contribution is -2.54. The van der Waals surface area contributed by atoms with Crippen molar-refractivity contribution in [1.82, 2.24) is 10.2 Å². The van der Waals surface area contributed by atoms with Gasteiger partial charge in [-0.05, 0) is 5.56 Å². The molecule has 5 nitrogen and oxygen atoms in total. The average molecular weight is 259 g/mol. The maximum absolute atomic E-state index is 12.5. The van der Waals surface area contributed by atoms with Crippen molar-refractivity contribution in [3.8, 4) is 6.07 Å². The normalized spacial score (nSPS) is 20.6. The molecule has 0 aromatic heterocycles. The van der Waals surface area contributed by atoms with Crippen LogP contribution in [0.1, 0.15) is 11.7 Å². The topological polar surface area (TPSA) is 65.4 Å². The number of carbonyl (C=O) groups excluding carboxylic acids is 1. The lowest BCUT2D eigenvalue weighted by molar-refractivity contribution is -0.144. The number of hydrogen-bond acceptors (Lipinski definition) is 4. The van der Waals surface area contributed by atoms with Crippen LogP contribution in [0.4, 0.5) is 0 Å². The molecule has 0 aliphatic carbocycles. The van der Waals surface area contributed by atoms with Gasteiger partial charge in [0.15, 0.2) is 6.10 Å². The number of nitriles is 1. The molecule has 100 valence electrons. The standard InChI is InChI=1S/C14H17N3O2/c1-19-13(11-5-3-2-4-6-11)14(18)17-8-7-16-10-12(17)9-15/h2-6,12-13,16H,7-8,10H2,1H3. The lowest BCUT2D eigenvalue weighted by atomic mass is 10.1.